The number of ether oxygens (including phenoxy) is 1. The Kier molecular flexibility index (Phi) is 5.77. The third-order valence-electron chi connectivity index (χ3n) is 4.42. The zero-order valence-electron chi connectivity index (χ0n) is 11.5. The molecule has 0 bridgehead atoms. The van der Waals surface area contributed by atoms with E-state index in [9.17, 15) is 0 Å². The van der Waals surface area contributed by atoms with Crippen LogP contribution in [0.2, 0.25) is 0 Å². The molecular formula is C14H29NO. The van der Waals surface area contributed by atoms with Gasteiger partial charge in [-0.1, -0.05) is 39.5 Å². The van der Waals surface area contributed by atoms with Crippen LogP contribution in [-0.4, -0.2) is 25.8 Å². The maximum Gasteiger partial charge on any atom is 0.0830 e. The number of hydrogen-bond donors (Lipinski definition) is 1. The molecule has 1 aliphatic carbocycles. The van der Waals surface area contributed by atoms with Gasteiger partial charge >= 0.3 is 0 Å². The van der Waals surface area contributed by atoms with Crippen molar-refractivity contribution in [1.29, 1.82) is 0 Å². The largest absolute Gasteiger partial charge is 0.377 e. The van der Waals surface area contributed by atoms with E-state index in [2.05, 4.69) is 26.2 Å². The molecule has 96 valence electrons. The monoisotopic (exact) mass is 227 g/mol. The summed E-state index contributed by atoms with van der Waals surface area (Å²) >= 11 is 0. The van der Waals surface area contributed by atoms with Crippen molar-refractivity contribution in [2.24, 2.45) is 5.92 Å². The van der Waals surface area contributed by atoms with Crippen molar-refractivity contribution in [2.75, 3.05) is 14.2 Å². The Bertz CT molecular complexity index is 187. The van der Waals surface area contributed by atoms with Crippen molar-refractivity contribution in [3.05, 3.63) is 0 Å². The van der Waals surface area contributed by atoms with Gasteiger partial charge in [0.15, 0.2) is 0 Å². The number of nitrogens with one attached hydrogen (secondary N) is 1. The van der Waals surface area contributed by atoms with Crippen molar-refractivity contribution in [2.45, 2.75) is 70.4 Å². The molecule has 16 heavy (non-hydrogen) atoms. The third-order valence-corrected chi connectivity index (χ3v) is 4.42. The number of rotatable bonds is 6. The summed E-state index contributed by atoms with van der Waals surface area (Å²) in [7, 11) is 3.98. The highest BCUT2D eigenvalue weighted by atomic mass is 16.5. The summed E-state index contributed by atoms with van der Waals surface area (Å²) in [5.74, 6) is 0.784. The molecule has 2 atom stereocenters. The van der Waals surface area contributed by atoms with E-state index in [0.717, 1.165) is 5.92 Å². The summed E-state index contributed by atoms with van der Waals surface area (Å²) in [5, 5.41) is 3.50. The lowest BCUT2D eigenvalue weighted by atomic mass is 9.76. The third kappa shape index (κ3) is 3.21. The van der Waals surface area contributed by atoms with E-state index in [1.807, 2.05) is 7.11 Å². The van der Waals surface area contributed by atoms with Gasteiger partial charge in [0, 0.05) is 13.2 Å². The average molecular weight is 227 g/mol. The summed E-state index contributed by atoms with van der Waals surface area (Å²) in [6.07, 6.45) is 8.99. The lowest BCUT2D eigenvalue weighted by Gasteiger charge is -2.43. The van der Waals surface area contributed by atoms with Crippen molar-refractivity contribution in [3.63, 3.8) is 0 Å². The first kappa shape index (κ1) is 14.0. The van der Waals surface area contributed by atoms with E-state index in [1.165, 1.54) is 44.9 Å². The zero-order chi connectivity index (χ0) is 12.0. The Hall–Kier alpha value is -0.0800. The minimum absolute atomic E-state index is 0.108. The topological polar surface area (TPSA) is 21.3 Å². The second kappa shape index (κ2) is 6.61. The van der Waals surface area contributed by atoms with Crippen LogP contribution in [0.4, 0.5) is 0 Å². The fourth-order valence-electron chi connectivity index (χ4n) is 3.01. The Balaban J connectivity index is 2.65. The fourth-order valence-corrected chi connectivity index (χ4v) is 3.01. The molecular weight excluding hydrogens is 198 g/mol. The van der Waals surface area contributed by atoms with Gasteiger partial charge in [0.25, 0.3) is 0 Å². The average Bonchev–Trinajstić information content (AvgIpc) is 2.36. The van der Waals surface area contributed by atoms with Crippen LogP contribution in [0.1, 0.15) is 58.8 Å². The molecule has 0 saturated heterocycles. The second-order valence-electron chi connectivity index (χ2n) is 5.42. The Morgan fingerprint density at radius 1 is 1.25 bits per heavy atom. The predicted molar refractivity (Wildman–Crippen MR) is 69.7 cm³/mol. The highest BCUT2D eigenvalue weighted by molar-refractivity contribution is 4.95. The second-order valence-corrected chi connectivity index (χ2v) is 5.42. The molecule has 0 spiro atoms. The number of hydrogen-bond acceptors (Lipinski definition) is 2. The maximum absolute atomic E-state index is 5.91. The normalized spacial score (nSPS) is 24.0. The van der Waals surface area contributed by atoms with Crippen LogP contribution in [-0.2, 0) is 4.74 Å². The van der Waals surface area contributed by atoms with Gasteiger partial charge in [0.05, 0.1) is 5.60 Å². The first-order chi connectivity index (χ1) is 7.68. The summed E-state index contributed by atoms with van der Waals surface area (Å²) < 4.78 is 5.91. The predicted octanol–water partition coefficient (Wildman–Crippen LogP) is 3.36. The molecule has 1 aliphatic rings. The summed E-state index contributed by atoms with van der Waals surface area (Å²) in [5.41, 5.74) is 0.108. The molecule has 0 aromatic carbocycles. The van der Waals surface area contributed by atoms with Gasteiger partial charge in [0.1, 0.15) is 0 Å². The van der Waals surface area contributed by atoms with Gasteiger partial charge in [-0.15, -0.1) is 0 Å². The summed E-state index contributed by atoms with van der Waals surface area (Å²) in [6, 6.07) is 0.521. The van der Waals surface area contributed by atoms with Gasteiger partial charge in [-0.2, -0.15) is 0 Å². The van der Waals surface area contributed by atoms with Crippen LogP contribution in [0.3, 0.4) is 0 Å². The number of methoxy groups -OCH3 is 1. The molecule has 1 saturated carbocycles. The highest BCUT2D eigenvalue weighted by Crippen LogP contribution is 2.36. The lowest BCUT2D eigenvalue weighted by Crippen LogP contribution is -2.52. The summed E-state index contributed by atoms with van der Waals surface area (Å²) in [4.78, 5) is 0. The number of likely N-dealkylation sites (N-methyl/N-ethyl adjacent to an activating group) is 1. The quantitative estimate of drug-likeness (QED) is 0.751. The van der Waals surface area contributed by atoms with Crippen molar-refractivity contribution < 1.29 is 4.74 Å². The van der Waals surface area contributed by atoms with E-state index in [0.29, 0.717) is 6.04 Å². The summed E-state index contributed by atoms with van der Waals surface area (Å²) in [6.45, 7) is 4.62. The van der Waals surface area contributed by atoms with E-state index in [4.69, 9.17) is 4.74 Å². The molecule has 0 aromatic heterocycles. The van der Waals surface area contributed by atoms with Gasteiger partial charge < -0.3 is 10.1 Å². The maximum atomic E-state index is 5.91. The highest BCUT2D eigenvalue weighted by Gasteiger charge is 2.39. The van der Waals surface area contributed by atoms with Crippen LogP contribution >= 0.6 is 0 Å². The van der Waals surface area contributed by atoms with Gasteiger partial charge in [-0.3, -0.25) is 0 Å². The molecule has 0 heterocycles. The molecule has 0 aliphatic heterocycles. The zero-order valence-corrected chi connectivity index (χ0v) is 11.5. The van der Waals surface area contributed by atoms with Crippen LogP contribution in [0.25, 0.3) is 0 Å². The molecule has 0 aromatic rings. The van der Waals surface area contributed by atoms with Gasteiger partial charge in [-0.05, 0) is 32.2 Å². The first-order valence-corrected chi connectivity index (χ1v) is 6.91. The fraction of sp³-hybridized carbons (Fsp3) is 1.00. The molecule has 0 amide bonds. The van der Waals surface area contributed by atoms with Gasteiger partial charge in [-0.25, -0.2) is 0 Å². The van der Waals surface area contributed by atoms with Crippen molar-refractivity contribution >= 4 is 0 Å². The Morgan fingerprint density at radius 3 is 2.31 bits per heavy atom. The minimum atomic E-state index is 0.108. The SMILES string of the molecule is CCC(C)CC(NC)C1(OC)CCCCC1. The molecule has 2 nitrogen and oxygen atoms in total. The molecule has 0 radical (unpaired) electrons. The van der Waals surface area contributed by atoms with E-state index in [1.54, 1.807) is 0 Å². The first-order valence-electron chi connectivity index (χ1n) is 6.91. The minimum Gasteiger partial charge on any atom is -0.377 e. The van der Waals surface area contributed by atoms with Crippen molar-refractivity contribution in [1.82, 2.24) is 5.32 Å². The van der Waals surface area contributed by atoms with Crippen LogP contribution in [0.15, 0.2) is 0 Å². The van der Waals surface area contributed by atoms with E-state index >= 15 is 0 Å². The Morgan fingerprint density at radius 2 is 1.88 bits per heavy atom. The van der Waals surface area contributed by atoms with Crippen LogP contribution in [0.5, 0.6) is 0 Å². The van der Waals surface area contributed by atoms with Gasteiger partial charge in [0.2, 0.25) is 0 Å². The standard InChI is InChI=1S/C14H29NO/c1-5-12(2)11-13(15-3)14(16-4)9-7-6-8-10-14/h12-13,15H,5-11H2,1-4H3. The molecule has 1 rings (SSSR count). The molecule has 1 fully saturated rings. The molecule has 2 unspecified atom stereocenters. The molecule has 2 heteroatoms. The Labute approximate surface area is 101 Å². The van der Waals surface area contributed by atoms with Crippen LogP contribution < -0.4 is 5.32 Å². The lowest BCUT2D eigenvalue weighted by molar-refractivity contribution is -0.0705. The smallest absolute Gasteiger partial charge is 0.0830 e. The van der Waals surface area contributed by atoms with E-state index < -0.39 is 0 Å². The van der Waals surface area contributed by atoms with Crippen LogP contribution in [0, 0.1) is 5.92 Å². The van der Waals surface area contributed by atoms with Crippen molar-refractivity contribution in [3.8, 4) is 0 Å². The van der Waals surface area contributed by atoms with E-state index in [-0.39, 0.29) is 5.60 Å². The molecule has 1 N–H and O–H groups in total.